The SMILES string of the molecule is CC(C)(CCN=[N+]=[N-])OCCC(C)(C)C(=O)NC(COCCC(=O)NC(COCCC(=O)N1CCSC1=S)COCCC(=O)N1CCSC1=S)COCCC(=O)NC(COCCC(=O)N1CCSC1=S)COCCC(=O)N1CCSC1=S. The first kappa shape index (κ1) is 71.6. The molecule has 0 radical (unpaired) electrons. The van der Waals surface area contributed by atoms with Gasteiger partial charge in [-0.25, -0.2) is 0 Å². The Morgan fingerprint density at radius 2 is 0.805 bits per heavy atom. The molecular weight excluding hydrogens is 1220 g/mol. The van der Waals surface area contributed by atoms with Gasteiger partial charge in [0.1, 0.15) is 17.3 Å². The molecule has 4 aliphatic heterocycles. The molecule has 0 aromatic heterocycles. The fourth-order valence-electron chi connectivity index (χ4n) is 7.85. The van der Waals surface area contributed by atoms with Crippen molar-refractivity contribution < 1.29 is 66.7 Å². The highest BCUT2D eigenvalue weighted by atomic mass is 32.2. The van der Waals surface area contributed by atoms with Gasteiger partial charge in [-0.15, -0.1) is 0 Å². The molecule has 0 saturated carbocycles. The summed E-state index contributed by atoms with van der Waals surface area (Å²) >= 11 is 26.9. The van der Waals surface area contributed by atoms with Crippen LogP contribution in [0.4, 0.5) is 0 Å². The van der Waals surface area contributed by atoms with Crippen LogP contribution in [0.15, 0.2) is 5.11 Å². The number of azide groups is 1. The Kier molecular flexibility index (Phi) is 34.0. The summed E-state index contributed by atoms with van der Waals surface area (Å²) in [5, 5.41) is 12.4. The van der Waals surface area contributed by atoms with Crippen LogP contribution in [0.5, 0.6) is 0 Å². The minimum Gasteiger partial charge on any atom is -0.379 e. The molecular formula is C50H78N10O14S8. The molecule has 4 saturated heterocycles. The molecule has 460 valence electrons. The highest BCUT2D eigenvalue weighted by Crippen LogP contribution is 2.25. The smallest absolute Gasteiger partial charge is 0.230 e. The largest absolute Gasteiger partial charge is 0.379 e. The Labute approximate surface area is 518 Å². The third-order valence-corrected chi connectivity index (χ3v) is 18.4. The van der Waals surface area contributed by atoms with Gasteiger partial charge >= 0.3 is 0 Å². The predicted octanol–water partition coefficient (Wildman–Crippen LogP) is 4.23. The lowest BCUT2D eigenvalue weighted by molar-refractivity contribution is -0.134. The zero-order valence-corrected chi connectivity index (χ0v) is 53.6. The first-order valence-electron chi connectivity index (χ1n) is 27.1. The highest BCUT2D eigenvalue weighted by Gasteiger charge is 2.32. The van der Waals surface area contributed by atoms with E-state index in [1.165, 1.54) is 47.0 Å². The van der Waals surface area contributed by atoms with Crippen molar-refractivity contribution in [2.75, 3.05) is 142 Å². The van der Waals surface area contributed by atoms with Gasteiger partial charge in [-0.1, -0.05) is 115 Å². The van der Waals surface area contributed by atoms with Gasteiger partial charge in [-0.05, 0) is 32.2 Å². The van der Waals surface area contributed by atoms with E-state index < -0.39 is 29.1 Å². The van der Waals surface area contributed by atoms with Crippen LogP contribution in [0.25, 0.3) is 10.4 Å². The maximum Gasteiger partial charge on any atom is 0.230 e. The maximum absolute atomic E-state index is 13.9. The number of carbonyl (C=O) groups is 7. The van der Waals surface area contributed by atoms with Crippen LogP contribution in [-0.2, 0) is 66.7 Å². The van der Waals surface area contributed by atoms with Crippen LogP contribution in [0, 0.1) is 5.41 Å². The predicted molar refractivity (Wildman–Crippen MR) is 333 cm³/mol. The van der Waals surface area contributed by atoms with Crippen molar-refractivity contribution in [3.8, 4) is 0 Å². The Morgan fingerprint density at radius 1 is 0.500 bits per heavy atom. The molecule has 24 nitrogen and oxygen atoms in total. The molecule has 7 amide bonds. The van der Waals surface area contributed by atoms with E-state index in [1.54, 1.807) is 33.4 Å². The van der Waals surface area contributed by atoms with Crippen molar-refractivity contribution in [2.45, 2.75) is 103 Å². The van der Waals surface area contributed by atoms with Crippen LogP contribution in [0.1, 0.15) is 79.1 Å². The van der Waals surface area contributed by atoms with Crippen molar-refractivity contribution in [3.05, 3.63) is 10.4 Å². The number of nitrogens with zero attached hydrogens (tertiary/aromatic N) is 7. The molecule has 32 heteroatoms. The molecule has 0 atom stereocenters. The number of amides is 7. The van der Waals surface area contributed by atoms with Gasteiger partial charge in [0.15, 0.2) is 0 Å². The molecule has 0 bridgehead atoms. The lowest BCUT2D eigenvalue weighted by Crippen LogP contribution is -2.48. The van der Waals surface area contributed by atoms with Crippen molar-refractivity contribution in [2.24, 2.45) is 10.5 Å². The van der Waals surface area contributed by atoms with Crippen LogP contribution >= 0.6 is 95.9 Å². The number of carbonyl (C=O) groups excluding carboxylic acids is 7. The lowest BCUT2D eigenvalue weighted by Gasteiger charge is -2.30. The van der Waals surface area contributed by atoms with Crippen molar-refractivity contribution >= 4 is 155 Å². The standard InChI is InChI=1S/C50H78N10O14S8/c1-49(2,12-24-74-50(3,4)11-13-52-56-51)44(67)55-37(33-68-18-5-38(61)53-35(29-70-20-7-40(63)57-14-25-79-45(57)75)30-71-21-8-41(64)58-15-26-80-46(58)76)34-69-19-6-39(62)54-36(31-72-22-9-42(65)59-16-27-81-47(59)77)32-73-23-10-43(66)60-17-28-82-48(60)78/h35-37H,5-34H2,1-4H3,(H,53,61)(H,54,62)(H,55,67). The van der Waals surface area contributed by atoms with Crippen LogP contribution in [-0.4, -0.2) is 244 Å². The molecule has 4 fully saturated rings. The van der Waals surface area contributed by atoms with Crippen LogP contribution in [0.2, 0.25) is 0 Å². The normalized spacial score (nSPS) is 15.8. The first-order chi connectivity index (χ1) is 39.2. The highest BCUT2D eigenvalue weighted by molar-refractivity contribution is 8.24. The van der Waals surface area contributed by atoms with Gasteiger partial charge in [-0.3, -0.25) is 53.2 Å². The lowest BCUT2D eigenvalue weighted by atomic mass is 9.88. The summed E-state index contributed by atoms with van der Waals surface area (Å²) in [6.07, 6.45) is 1.06. The number of nitrogens with one attached hydrogen (secondary N) is 3. The maximum atomic E-state index is 13.9. The summed E-state index contributed by atoms with van der Waals surface area (Å²) in [5.74, 6) is 1.29. The average molecular weight is 1300 g/mol. The molecule has 0 aliphatic carbocycles. The second-order valence-corrected chi connectivity index (χ2v) is 27.1. The molecule has 3 N–H and O–H groups in total. The minimum absolute atomic E-state index is 0.0203. The van der Waals surface area contributed by atoms with Crippen molar-refractivity contribution in [3.63, 3.8) is 0 Å². The summed E-state index contributed by atoms with van der Waals surface area (Å²) in [7, 11) is 0. The fourth-order valence-corrected chi connectivity index (χ4v) is 12.8. The number of rotatable bonds is 41. The summed E-state index contributed by atoms with van der Waals surface area (Å²) in [6.45, 7) is 10.2. The number of thioether (sulfide) groups is 4. The van der Waals surface area contributed by atoms with Gasteiger partial charge in [0.25, 0.3) is 0 Å². The molecule has 4 aliphatic rings. The monoisotopic (exact) mass is 1300 g/mol. The third-order valence-electron chi connectivity index (χ3n) is 12.7. The molecule has 82 heavy (non-hydrogen) atoms. The van der Waals surface area contributed by atoms with Gasteiger partial charge in [0.2, 0.25) is 41.4 Å². The Morgan fingerprint density at radius 3 is 1.10 bits per heavy atom. The summed E-state index contributed by atoms with van der Waals surface area (Å²) in [5.41, 5.74) is 7.17. The quantitative estimate of drug-likeness (QED) is 0.0254. The van der Waals surface area contributed by atoms with Gasteiger partial charge in [0, 0.05) is 85.5 Å². The molecule has 4 heterocycles. The second kappa shape index (κ2) is 39.0. The van der Waals surface area contributed by atoms with E-state index in [4.69, 9.17) is 87.6 Å². The van der Waals surface area contributed by atoms with Crippen LogP contribution < -0.4 is 16.0 Å². The molecule has 0 aromatic carbocycles. The minimum atomic E-state index is -0.918. The number of hydrogen-bond donors (Lipinski definition) is 3. The van der Waals surface area contributed by atoms with E-state index in [0.29, 0.717) is 56.3 Å². The van der Waals surface area contributed by atoms with Crippen LogP contribution in [0.3, 0.4) is 0 Å². The Hall–Kier alpha value is -2.92. The first-order valence-corrected chi connectivity index (χ1v) is 32.7. The van der Waals surface area contributed by atoms with E-state index in [9.17, 15) is 33.6 Å². The molecule has 0 spiro atoms. The summed E-state index contributed by atoms with van der Waals surface area (Å²) in [4.78, 5) is 100. The topological polar surface area (TPSA) is 282 Å². The number of thiocarbonyl (C=S) groups is 4. The number of hydrogen-bond acceptors (Lipinski definition) is 23. The average Bonchev–Trinajstić information content (AvgIpc) is 4.28. The van der Waals surface area contributed by atoms with E-state index in [-0.39, 0.29) is 172 Å². The van der Waals surface area contributed by atoms with E-state index in [1.807, 2.05) is 13.8 Å². The van der Waals surface area contributed by atoms with Gasteiger partial charge in [0.05, 0.1) is 129 Å². The Balaban J connectivity index is 1.31. The summed E-state index contributed by atoms with van der Waals surface area (Å²) < 4.78 is 43.4. The van der Waals surface area contributed by atoms with E-state index in [0.717, 1.165) is 23.0 Å². The zero-order chi connectivity index (χ0) is 59.9. The summed E-state index contributed by atoms with van der Waals surface area (Å²) in [6, 6.07) is -1.99. The Bertz CT molecular complexity index is 2040. The van der Waals surface area contributed by atoms with Crippen molar-refractivity contribution in [1.82, 2.24) is 35.6 Å². The second-order valence-electron chi connectivity index (χ2n) is 20.2. The fraction of sp³-hybridized carbons (Fsp3) is 0.780. The number of ether oxygens (including phenoxy) is 7. The third kappa shape index (κ3) is 27.6. The molecule has 0 unspecified atom stereocenters. The molecule has 0 aromatic rings. The van der Waals surface area contributed by atoms with Gasteiger partial charge < -0.3 is 49.1 Å². The van der Waals surface area contributed by atoms with Crippen molar-refractivity contribution in [1.29, 1.82) is 0 Å². The van der Waals surface area contributed by atoms with E-state index in [2.05, 4.69) is 26.0 Å². The van der Waals surface area contributed by atoms with E-state index >= 15 is 0 Å². The van der Waals surface area contributed by atoms with Gasteiger partial charge in [-0.2, -0.15) is 0 Å². The zero-order valence-electron chi connectivity index (χ0n) is 47.1. The molecule has 4 rings (SSSR count).